The van der Waals surface area contributed by atoms with Crippen molar-refractivity contribution in [1.82, 2.24) is 9.97 Å². The van der Waals surface area contributed by atoms with Gasteiger partial charge < -0.3 is 5.32 Å². The summed E-state index contributed by atoms with van der Waals surface area (Å²) in [7, 11) is 0. The maximum Gasteiger partial charge on any atom is 0.139 e. The van der Waals surface area contributed by atoms with Gasteiger partial charge in [-0.3, -0.25) is 0 Å². The Morgan fingerprint density at radius 1 is 1.44 bits per heavy atom. The number of rotatable bonds is 2. The van der Waals surface area contributed by atoms with Crippen LogP contribution in [0.25, 0.3) is 10.2 Å². The molecule has 0 aromatic carbocycles. The smallest absolute Gasteiger partial charge is 0.139 e. The zero-order valence-corrected chi connectivity index (χ0v) is 9.60. The minimum Gasteiger partial charge on any atom is -0.359 e. The van der Waals surface area contributed by atoms with Crippen molar-refractivity contribution in [1.29, 1.82) is 0 Å². The molecule has 0 amide bonds. The minimum absolute atomic E-state index is 0.511. The Bertz CT molecular complexity index is 580. The molecule has 3 nitrogen and oxygen atoms in total. The van der Waals surface area contributed by atoms with Crippen LogP contribution < -0.4 is 5.32 Å². The molecule has 0 atom stereocenters. The van der Waals surface area contributed by atoms with Crippen molar-refractivity contribution in [3.05, 3.63) is 16.8 Å². The molecule has 0 saturated carbocycles. The molecule has 0 aliphatic heterocycles. The van der Waals surface area contributed by atoms with Gasteiger partial charge >= 0.3 is 0 Å². The number of nitrogens with one attached hydrogen (secondary N) is 1. The van der Waals surface area contributed by atoms with Gasteiger partial charge in [-0.2, -0.15) is 0 Å². The van der Waals surface area contributed by atoms with Gasteiger partial charge in [-0.15, -0.1) is 17.8 Å². The summed E-state index contributed by atoms with van der Waals surface area (Å²) >= 11 is 1.79. The van der Waals surface area contributed by atoms with Crippen LogP contribution in [0.3, 0.4) is 0 Å². The lowest BCUT2D eigenvalue weighted by atomic mass is 10.2. The lowest BCUT2D eigenvalue weighted by Gasteiger charge is -2.03. The van der Waals surface area contributed by atoms with Crippen LogP contribution in [0.4, 0.5) is 5.82 Å². The molecule has 0 radical (unpaired) electrons. The molecule has 2 aromatic rings. The molecule has 0 bridgehead atoms. The normalized spacial score (nSPS) is 13.7. The first-order valence-corrected chi connectivity index (χ1v) is 6.14. The second kappa shape index (κ2) is 3.76. The number of anilines is 1. The van der Waals surface area contributed by atoms with Crippen molar-refractivity contribution < 1.29 is 0 Å². The molecule has 0 spiro atoms. The van der Waals surface area contributed by atoms with E-state index in [-0.39, 0.29) is 0 Å². The zero-order valence-electron chi connectivity index (χ0n) is 8.79. The number of hydrogen-bond donors (Lipinski definition) is 1. The number of fused-ring (bicyclic) bond motifs is 3. The number of aryl methyl sites for hydroxylation is 2. The minimum atomic E-state index is 0.511. The van der Waals surface area contributed by atoms with Crippen LogP contribution in [0.2, 0.25) is 0 Å². The number of aromatic nitrogens is 2. The number of nitrogens with zero attached hydrogens (tertiary/aromatic N) is 2. The lowest BCUT2D eigenvalue weighted by Crippen LogP contribution is -2.01. The van der Waals surface area contributed by atoms with Crippen molar-refractivity contribution in [2.24, 2.45) is 0 Å². The quantitative estimate of drug-likeness (QED) is 0.802. The molecule has 0 saturated heterocycles. The Kier molecular flexibility index (Phi) is 2.26. The van der Waals surface area contributed by atoms with Gasteiger partial charge in [0.05, 0.1) is 11.9 Å². The van der Waals surface area contributed by atoms with E-state index in [2.05, 4.69) is 21.2 Å². The monoisotopic (exact) mass is 229 g/mol. The van der Waals surface area contributed by atoms with Crippen molar-refractivity contribution >= 4 is 27.4 Å². The molecule has 0 fully saturated rings. The highest BCUT2D eigenvalue weighted by Crippen LogP contribution is 2.38. The third-order valence-electron chi connectivity index (χ3n) is 2.86. The van der Waals surface area contributed by atoms with Gasteiger partial charge in [0.1, 0.15) is 17.0 Å². The van der Waals surface area contributed by atoms with Crippen LogP contribution in [0.5, 0.6) is 0 Å². The lowest BCUT2D eigenvalue weighted by molar-refractivity contribution is 0.917. The third kappa shape index (κ3) is 1.36. The van der Waals surface area contributed by atoms with Crippen LogP contribution in [-0.2, 0) is 12.8 Å². The molecule has 1 aliphatic carbocycles. The fourth-order valence-corrected chi connectivity index (χ4v) is 3.43. The summed E-state index contributed by atoms with van der Waals surface area (Å²) in [6.07, 6.45) is 10.4. The first kappa shape index (κ1) is 9.61. The number of terminal acetylenes is 1. The van der Waals surface area contributed by atoms with E-state index in [1.54, 1.807) is 17.7 Å². The Balaban J connectivity index is 2.17. The van der Waals surface area contributed by atoms with Gasteiger partial charge in [0.25, 0.3) is 0 Å². The summed E-state index contributed by atoms with van der Waals surface area (Å²) < 4.78 is 0. The van der Waals surface area contributed by atoms with Gasteiger partial charge in [0, 0.05) is 4.88 Å². The van der Waals surface area contributed by atoms with Gasteiger partial charge in [-0.25, -0.2) is 9.97 Å². The van der Waals surface area contributed by atoms with Crippen LogP contribution >= 0.6 is 11.3 Å². The van der Waals surface area contributed by atoms with E-state index in [0.29, 0.717) is 6.54 Å². The molecule has 80 valence electrons. The van der Waals surface area contributed by atoms with Crippen LogP contribution in [0.1, 0.15) is 16.9 Å². The van der Waals surface area contributed by atoms with E-state index in [1.807, 2.05) is 0 Å². The molecule has 1 aliphatic rings. The van der Waals surface area contributed by atoms with E-state index in [1.165, 1.54) is 28.7 Å². The standard InChI is InChI=1S/C12H11N3S/c1-2-6-13-11-10-8-4-3-5-9(8)16-12(10)15-7-14-11/h1,7H,3-6H2,(H,13,14,15). The fraction of sp³-hybridized carbons (Fsp3) is 0.333. The highest BCUT2D eigenvalue weighted by molar-refractivity contribution is 7.19. The predicted octanol–water partition coefficient (Wildman–Crippen LogP) is 2.23. The Morgan fingerprint density at radius 2 is 2.38 bits per heavy atom. The Morgan fingerprint density at radius 3 is 3.25 bits per heavy atom. The van der Waals surface area contributed by atoms with E-state index in [0.717, 1.165) is 17.1 Å². The molecule has 4 heteroatoms. The SMILES string of the molecule is C#CCNc1ncnc2sc3c(c12)CCC3. The summed E-state index contributed by atoms with van der Waals surface area (Å²) in [5.74, 6) is 3.46. The second-order valence-corrected chi connectivity index (χ2v) is 4.90. The van der Waals surface area contributed by atoms with Gasteiger partial charge in [0.15, 0.2) is 0 Å². The van der Waals surface area contributed by atoms with Gasteiger partial charge in [0.2, 0.25) is 0 Å². The fourth-order valence-electron chi connectivity index (χ4n) is 2.20. The molecule has 2 heterocycles. The van der Waals surface area contributed by atoms with Crippen molar-refractivity contribution in [2.45, 2.75) is 19.3 Å². The maximum atomic E-state index is 5.26. The summed E-state index contributed by atoms with van der Waals surface area (Å²) in [4.78, 5) is 11.2. The first-order chi connectivity index (χ1) is 7.90. The molecule has 1 N–H and O–H groups in total. The Labute approximate surface area is 97.9 Å². The van der Waals surface area contributed by atoms with E-state index >= 15 is 0 Å². The van der Waals surface area contributed by atoms with Gasteiger partial charge in [-0.1, -0.05) is 5.92 Å². The molecule has 2 aromatic heterocycles. The third-order valence-corrected chi connectivity index (χ3v) is 4.06. The number of hydrogen-bond acceptors (Lipinski definition) is 4. The topological polar surface area (TPSA) is 37.8 Å². The van der Waals surface area contributed by atoms with Gasteiger partial charge in [-0.05, 0) is 24.8 Å². The highest BCUT2D eigenvalue weighted by Gasteiger charge is 2.20. The summed E-state index contributed by atoms with van der Waals surface area (Å²) in [6.45, 7) is 0.511. The second-order valence-electron chi connectivity index (χ2n) is 3.82. The average molecular weight is 229 g/mol. The van der Waals surface area contributed by atoms with E-state index in [4.69, 9.17) is 6.42 Å². The summed E-state index contributed by atoms with van der Waals surface area (Å²) in [5.41, 5.74) is 1.43. The van der Waals surface area contributed by atoms with Crippen LogP contribution in [-0.4, -0.2) is 16.5 Å². The molecular formula is C12H11N3S. The summed E-state index contributed by atoms with van der Waals surface area (Å²) in [5, 5.41) is 4.36. The van der Waals surface area contributed by atoms with Crippen molar-refractivity contribution in [3.63, 3.8) is 0 Å². The van der Waals surface area contributed by atoms with Crippen LogP contribution in [0.15, 0.2) is 6.33 Å². The zero-order chi connectivity index (χ0) is 11.0. The first-order valence-electron chi connectivity index (χ1n) is 5.32. The van der Waals surface area contributed by atoms with Crippen molar-refractivity contribution in [2.75, 3.05) is 11.9 Å². The predicted molar refractivity (Wildman–Crippen MR) is 66.8 cm³/mol. The van der Waals surface area contributed by atoms with E-state index in [9.17, 15) is 0 Å². The molecule has 3 rings (SSSR count). The molecular weight excluding hydrogens is 218 g/mol. The largest absolute Gasteiger partial charge is 0.359 e. The molecule has 0 unspecified atom stereocenters. The average Bonchev–Trinajstić information content (AvgIpc) is 2.85. The number of thiophene rings is 1. The summed E-state index contributed by atoms with van der Waals surface area (Å²) in [6, 6.07) is 0. The Hall–Kier alpha value is -1.60. The van der Waals surface area contributed by atoms with Crippen molar-refractivity contribution in [3.8, 4) is 12.3 Å². The van der Waals surface area contributed by atoms with Crippen LogP contribution in [0, 0.1) is 12.3 Å². The highest BCUT2D eigenvalue weighted by atomic mass is 32.1. The maximum absolute atomic E-state index is 5.26. The van der Waals surface area contributed by atoms with E-state index < -0.39 is 0 Å². The molecule has 16 heavy (non-hydrogen) atoms.